The first kappa shape index (κ1) is 14.4. The average Bonchev–Trinajstić information content (AvgIpc) is 2.95. The number of aromatic nitrogens is 4. The Morgan fingerprint density at radius 2 is 2.19 bits per heavy atom. The Morgan fingerprint density at radius 3 is 2.76 bits per heavy atom. The maximum absolute atomic E-state index is 11.8. The molecule has 0 atom stereocenters. The summed E-state index contributed by atoms with van der Waals surface area (Å²) in [5, 5.41) is 17.7. The molecule has 0 radical (unpaired) electrons. The Hall–Kier alpha value is -3.04. The lowest BCUT2D eigenvalue weighted by Crippen LogP contribution is -2.22. The van der Waals surface area contributed by atoms with Gasteiger partial charge in [-0.3, -0.25) is 14.9 Å². The van der Waals surface area contributed by atoms with E-state index in [1.807, 2.05) is 0 Å². The van der Waals surface area contributed by atoms with E-state index >= 15 is 0 Å². The van der Waals surface area contributed by atoms with Crippen molar-refractivity contribution >= 4 is 17.5 Å². The molecule has 0 aliphatic rings. The van der Waals surface area contributed by atoms with E-state index in [9.17, 15) is 14.9 Å². The standard InChI is InChI=1S/C11H13N7O3/c1-12-11-13-6-8(18(20)21)9(14-11)17-5-4-7(15-17)10(19)16(2)3/h4-6H,1-3H3,(H,12,13,14). The van der Waals surface area contributed by atoms with Crippen molar-refractivity contribution in [2.45, 2.75) is 0 Å². The van der Waals surface area contributed by atoms with Crippen molar-refractivity contribution < 1.29 is 9.72 Å². The van der Waals surface area contributed by atoms with Crippen LogP contribution in [0.2, 0.25) is 0 Å². The molecule has 0 bridgehead atoms. The van der Waals surface area contributed by atoms with Gasteiger partial charge in [-0.05, 0) is 6.07 Å². The fourth-order valence-corrected chi connectivity index (χ4v) is 1.57. The molecule has 0 saturated heterocycles. The van der Waals surface area contributed by atoms with E-state index in [0.717, 1.165) is 6.20 Å². The highest BCUT2D eigenvalue weighted by Gasteiger charge is 2.21. The predicted octanol–water partition coefficient (Wildman–Crippen LogP) is 0.314. The normalized spacial score (nSPS) is 10.2. The molecule has 0 saturated carbocycles. The van der Waals surface area contributed by atoms with Gasteiger partial charge in [0.15, 0.2) is 5.69 Å². The van der Waals surface area contributed by atoms with Crippen LogP contribution in [0.3, 0.4) is 0 Å². The SMILES string of the molecule is CNc1ncc([N+](=O)[O-])c(-n2ccc(C(=O)N(C)C)n2)n1. The molecule has 1 amide bonds. The zero-order valence-corrected chi connectivity index (χ0v) is 11.6. The second-order valence-corrected chi connectivity index (χ2v) is 4.25. The third-order valence-electron chi connectivity index (χ3n) is 2.60. The summed E-state index contributed by atoms with van der Waals surface area (Å²) in [5.41, 5.74) is -0.139. The van der Waals surface area contributed by atoms with Gasteiger partial charge in [-0.15, -0.1) is 0 Å². The van der Waals surface area contributed by atoms with Crippen LogP contribution in [0.15, 0.2) is 18.5 Å². The summed E-state index contributed by atoms with van der Waals surface area (Å²) in [7, 11) is 4.77. The number of nitro groups is 1. The van der Waals surface area contributed by atoms with Crippen LogP contribution in [0.4, 0.5) is 11.6 Å². The molecule has 1 N–H and O–H groups in total. The quantitative estimate of drug-likeness (QED) is 0.636. The van der Waals surface area contributed by atoms with Crippen LogP contribution in [0.1, 0.15) is 10.5 Å². The van der Waals surface area contributed by atoms with Crippen LogP contribution in [-0.4, -0.2) is 56.6 Å². The summed E-state index contributed by atoms with van der Waals surface area (Å²) >= 11 is 0. The van der Waals surface area contributed by atoms with Crippen LogP contribution in [-0.2, 0) is 0 Å². The summed E-state index contributed by atoms with van der Waals surface area (Å²) < 4.78 is 1.18. The van der Waals surface area contributed by atoms with Gasteiger partial charge in [0, 0.05) is 27.3 Å². The third kappa shape index (κ3) is 2.78. The number of nitrogens with one attached hydrogen (secondary N) is 1. The van der Waals surface area contributed by atoms with Crippen molar-refractivity contribution in [1.82, 2.24) is 24.6 Å². The molecule has 0 spiro atoms. The predicted molar refractivity (Wildman–Crippen MR) is 73.4 cm³/mol. The molecule has 0 fully saturated rings. The van der Waals surface area contributed by atoms with Gasteiger partial charge < -0.3 is 10.2 Å². The number of carbonyl (C=O) groups excluding carboxylic acids is 1. The van der Waals surface area contributed by atoms with Gasteiger partial charge >= 0.3 is 5.69 Å². The van der Waals surface area contributed by atoms with Gasteiger partial charge in [-0.2, -0.15) is 10.1 Å². The lowest BCUT2D eigenvalue weighted by atomic mass is 10.4. The molecule has 2 rings (SSSR count). The third-order valence-corrected chi connectivity index (χ3v) is 2.60. The molecule has 10 heteroatoms. The number of hydrogen-bond donors (Lipinski definition) is 1. The summed E-state index contributed by atoms with van der Waals surface area (Å²) in [5.74, 6) is -0.108. The molecule has 0 aromatic carbocycles. The molecule has 21 heavy (non-hydrogen) atoms. The first-order valence-electron chi connectivity index (χ1n) is 5.91. The summed E-state index contributed by atoms with van der Waals surface area (Å²) in [6.45, 7) is 0. The maximum Gasteiger partial charge on any atom is 0.332 e. The smallest absolute Gasteiger partial charge is 0.332 e. The van der Waals surface area contributed by atoms with Gasteiger partial charge in [0.1, 0.15) is 6.20 Å². The summed E-state index contributed by atoms with van der Waals surface area (Å²) in [6.07, 6.45) is 2.52. The Morgan fingerprint density at radius 1 is 1.48 bits per heavy atom. The molecular weight excluding hydrogens is 278 g/mol. The lowest BCUT2D eigenvalue weighted by Gasteiger charge is -2.07. The number of hydrogen-bond acceptors (Lipinski definition) is 7. The number of nitrogens with zero attached hydrogens (tertiary/aromatic N) is 6. The highest BCUT2D eigenvalue weighted by Crippen LogP contribution is 2.20. The number of anilines is 1. The second kappa shape index (κ2) is 5.53. The number of amides is 1. The summed E-state index contributed by atoms with van der Waals surface area (Å²) in [6, 6.07) is 1.47. The molecule has 0 aliphatic carbocycles. The van der Waals surface area contributed by atoms with Gasteiger partial charge in [-0.1, -0.05) is 0 Å². The van der Waals surface area contributed by atoms with Crippen molar-refractivity contribution in [3.63, 3.8) is 0 Å². The van der Waals surface area contributed by atoms with Crippen molar-refractivity contribution in [2.75, 3.05) is 26.5 Å². The van der Waals surface area contributed by atoms with Crippen LogP contribution in [0, 0.1) is 10.1 Å². The van der Waals surface area contributed by atoms with E-state index < -0.39 is 4.92 Å². The van der Waals surface area contributed by atoms with Crippen LogP contribution >= 0.6 is 0 Å². The minimum atomic E-state index is -0.607. The first-order valence-corrected chi connectivity index (χ1v) is 5.91. The Bertz CT molecular complexity index is 695. The van der Waals surface area contributed by atoms with Crippen molar-refractivity contribution in [2.24, 2.45) is 0 Å². The topological polar surface area (TPSA) is 119 Å². The highest BCUT2D eigenvalue weighted by molar-refractivity contribution is 5.91. The molecule has 2 heterocycles. The zero-order valence-electron chi connectivity index (χ0n) is 11.6. The minimum Gasteiger partial charge on any atom is -0.357 e. The molecule has 110 valence electrons. The Kier molecular flexibility index (Phi) is 3.78. The fourth-order valence-electron chi connectivity index (χ4n) is 1.57. The van der Waals surface area contributed by atoms with Crippen LogP contribution in [0.25, 0.3) is 5.82 Å². The molecule has 2 aromatic heterocycles. The summed E-state index contributed by atoms with van der Waals surface area (Å²) in [4.78, 5) is 31.4. The van der Waals surface area contributed by atoms with Crippen LogP contribution < -0.4 is 5.32 Å². The fraction of sp³-hybridized carbons (Fsp3) is 0.273. The van der Waals surface area contributed by atoms with Gasteiger partial charge in [0.05, 0.1) is 4.92 Å². The molecular formula is C11H13N7O3. The van der Waals surface area contributed by atoms with Crippen molar-refractivity contribution in [1.29, 1.82) is 0 Å². The van der Waals surface area contributed by atoms with E-state index in [2.05, 4.69) is 20.4 Å². The largest absolute Gasteiger partial charge is 0.357 e. The van der Waals surface area contributed by atoms with E-state index in [1.165, 1.54) is 21.8 Å². The maximum atomic E-state index is 11.8. The van der Waals surface area contributed by atoms with Gasteiger partial charge in [-0.25, -0.2) is 9.67 Å². The zero-order chi connectivity index (χ0) is 15.6. The van der Waals surface area contributed by atoms with E-state index in [1.54, 1.807) is 21.1 Å². The lowest BCUT2D eigenvalue weighted by molar-refractivity contribution is -0.385. The number of rotatable bonds is 4. The van der Waals surface area contributed by atoms with E-state index in [-0.39, 0.29) is 29.1 Å². The van der Waals surface area contributed by atoms with Gasteiger partial charge in [0.25, 0.3) is 5.91 Å². The molecule has 0 aliphatic heterocycles. The number of carbonyl (C=O) groups is 1. The van der Waals surface area contributed by atoms with E-state index in [4.69, 9.17) is 0 Å². The molecule has 0 unspecified atom stereocenters. The van der Waals surface area contributed by atoms with Crippen molar-refractivity contribution in [3.05, 3.63) is 34.3 Å². The average molecular weight is 291 g/mol. The molecule has 2 aromatic rings. The van der Waals surface area contributed by atoms with Crippen molar-refractivity contribution in [3.8, 4) is 5.82 Å². The second-order valence-electron chi connectivity index (χ2n) is 4.25. The van der Waals surface area contributed by atoms with E-state index in [0.29, 0.717) is 0 Å². The molecule has 10 nitrogen and oxygen atoms in total. The first-order chi connectivity index (χ1) is 9.93. The van der Waals surface area contributed by atoms with Gasteiger partial charge in [0.2, 0.25) is 11.8 Å². The minimum absolute atomic E-state index is 0.0165. The monoisotopic (exact) mass is 291 g/mol. The van der Waals surface area contributed by atoms with Crippen LogP contribution in [0.5, 0.6) is 0 Å². The Balaban J connectivity index is 2.50. The highest BCUT2D eigenvalue weighted by atomic mass is 16.6. The Labute approximate surface area is 119 Å².